The molecule has 0 heterocycles. The van der Waals surface area contributed by atoms with Crippen LogP contribution in [0.4, 0.5) is 0 Å². The Morgan fingerprint density at radius 2 is 0.929 bits per heavy atom. The summed E-state index contributed by atoms with van der Waals surface area (Å²) in [5.41, 5.74) is -1.95. The van der Waals surface area contributed by atoms with Crippen molar-refractivity contribution in [2.75, 3.05) is 80.3 Å². The molecule has 0 aliphatic rings. The van der Waals surface area contributed by atoms with Crippen LogP contribution >= 0.6 is 0 Å². The minimum atomic E-state index is -1.95. The molecule has 0 fully saturated rings. The third-order valence-electron chi connectivity index (χ3n) is 3.77. The van der Waals surface area contributed by atoms with Crippen LogP contribution in [0.2, 0.25) is 0 Å². The third kappa shape index (κ3) is 14.3. The van der Waals surface area contributed by atoms with E-state index in [1.54, 1.807) is 14.2 Å². The summed E-state index contributed by atoms with van der Waals surface area (Å²) in [6, 6.07) is 0. The molecule has 0 radical (unpaired) electrons. The van der Waals surface area contributed by atoms with Gasteiger partial charge >= 0.3 is 60.8 Å². The van der Waals surface area contributed by atoms with E-state index in [1.807, 2.05) is 0 Å². The van der Waals surface area contributed by atoms with Crippen LogP contribution in [0, 0.1) is 5.41 Å². The van der Waals surface area contributed by atoms with Crippen molar-refractivity contribution in [3.63, 3.8) is 0 Å². The molecule has 0 spiro atoms. The molecule has 0 bridgehead atoms. The number of carbonyl (C=O) groups is 2. The molecule has 0 saturated heterocycles. The van der Waals surface area contributed by atoms with E-state index >= 15 is 0 Å². The fourth-order valence-corrected chi connectivity index (χ4v) is 2.07. The molecule has 0 aromatic rings. The van der Waals surface area contributed by atoms with Crippen LogP contribution in [0.25, 0.3) is 0 Å². The Kier molecular flexibility index (Phi) is 22.3. The molecule has 0 amide bonds. The second-order valence-electron chi connectivity index (χ2n) is 5.63. The van der Waals surface area contributed by atoms with E-state index < -0.39 is 17.4 Å². The van der Waals surface area contributed by atoms with Crippen molar-refractivity contribution in [2.45, 2.75) is 12.8 Å². The summed E-state index contributed by atoms with van der Waals surface area (Å²) in [5, 5.41) is 18.8. The van der Waals surface area contributed by atoms with Crippen molar-refractivity contribution >= 4 is 60.8 Å². The van der Waals surface area contributed by atoms with Gasteiger partial charge in [0, 0.05) is 27.4 Å². The largest absolute Gasteiger partial charge is 2.00 e. The predicted octanol–water partition coefficient (Wildman–Crippen LogP) is 0.126. The summed E-state index contributed by atoms with van der Waals surface area (Å²) < 4.78 is 30.6. The van der Waals surface area contributed by atoms with E-state index in [4.69, 9.17) is 28.4 Å². The number of hydrogen-bond acceptors (Lipinski definition) is 8. The van der Waals surface area contributed by atoms with Gasteiger partial charge in [0.1, 0.15) is 0 Å². The van der Waals surface area contributed by atoms with Crippen LogP contribution in [-0.4, -0.2) is 151 Å². The molecule has 0 saturated carbocycles. The first-order valence-electron chi connectivity index (χ1n) is 8.77. The monoisotopic (exact) mass is 536 g/mol. The standard InChI is InChI=1S/C17H32O10.Ba.2H/c1-22-7-9-26-13-11-24-5-3-17(15(18)19,16(20)21)4-6-25-12-14-27-10-8-23-2;;;/h3-14H2,1-2H3,(H,18,19)(H,20,21);;;/q;+2;2*-1. The fraction of sp³-hybridized carbons (Fsp3) is 0.882. The van der Waals surface area contributed by atoms with Crippen molar-refractivity contribution in [3.8, 4) is 0 Å². The quantitative estimate of drug-likeness (QED) is 0.126. The molecule has 0 aromatic heterocycles. The van der Waals surface area contributed by atoms with Gasteiger partial charge in [0.2, 0.25) is 0 Å². The van der Waals surface area contributed by atoms with Crippen LogP contribution in [0.3, 0.4) is 0 Å². The molecule has 10 nitrogen and oxygen atoms in total. The summed E-state index contributed by atoms with van der Waals surface area (Å²) in [4.78, 5) is 23.1. The summed E-state index contributed by atoms with van der Waals surface area (Å²) in [6.07, 6.45) is -0.327. The molecule has 0 aliphatic carbocycles. The van der Waals surface area contributed by atoms with Gasteiger partial charge in [0.05, 0.1) is 52.9 Å². The summed E-state index contributed by atoms with van der Waals surface area (Å²) >= 11 is 0. The first kappa shape index (κ1) is 30.5. The molecular weight excluding hydrogens is 502 g/mol. The smallest absolute Gasteiger partial charge is 1.00 e. The molecule has 0 atom stereocenters. The Morgan fingerprint density at radius 3 is 1.21 bits per heavy atom. The first-order valence-corrected chi connectivity index (χ1v) is 8.77. The van der Waals surface area contributed by atoms with E-state index in [2.05, 4.69) is 0 Å². The minimum Gasteiger partial charge on any atom is -1.00 e. The molecular formula is C17H34BaO10. The fourth-order valence-electron chi connectivity index (χ4n) is 2.07. The van der Waals surface area contributed by atoms with E-state index in [-0.39, 0.29) is 91.0 Å². The van der Waals surface area contributed by atoms with Gasteiger partial charge in [-0.25, -0.2) is 0 Å². The van der Waals surface area contributed by atoms with Gasteiger partial charge < -0.3 is 41.5 Å². The maximum Gasteiger partial charge on any atom is 2.00 e. The number of ether oxygens (including phenoxy) is 6. The molecule has 2 N–H and O–H groups in total. The van der Waals surface area contributed by atoms with Crippen LogP contribution < -0.4 is 0 Å². The number of carboxylic acid groups (broad SMARTS) is 2. The van der Waals surface area contributed by atoms with Crippen LogP contribution in [0.1, 0.15) is 15.7 Å². The van der Waals surface area contributed by atoms with Crippen molar-refractivity contribution in [1.82, 2.24) is 0 Å². The van der Waals surface area contributed by atoms with E-state index in [0.717, 1.165) is 0 Å². The van der Waals surface area contributed by atoms with E-state index in [0.29, 0.717) is 39.6 Å². The van der Waals surface area contributed by atoms with Gasteiger partial charge in [0.15, 0.2) is 5.41 Å². The Bertz CT molecular complexity index is 369. The SMILES string of the molecule is COCCOCCOCCC(CCOCCOCCOC)(C(=O)O)C(=O)O.[Ba+2].[H-].[H-]. The Balaban J connectivity index is -0.00000113. The van der Waals surface area contributed by atoms with Gasteiger partial charge in [-0.1, -0.05) is 0 Å². The Hall–Kier alpha value is 0.271. The summed E-state index contributed by atoms with van der Waals surface area (Å²) in [5.74, 6) is -2.82. The van der Waals surface area contributed by atoms with Crippen LogP contribution in [-0.2, 0) is 38.0 Å². The molecule has 0 aliphatic heterocycles. The zero-order chi connectivity index (χ0) is 20.4. The van der Waals surface area contributed by atoms with Gasteiger partial charge in [-0.3, -0.25) is 9.59 Å². The number of hydrogen-bond donors (Lipinski definition) is 2. The molecule has 164 valence electrons. The zero-order valence-electron chi connectivity index (χ0n) is 18.9. The second kappa shape index (κ2) is 20.5. The first-order chi connectivity index (χ1) is 13.0. The summed E-state index contributed by atoms with van der Waals surface area (Å²) in [6.45, 7) is 2.92. The average molecular weight is 536 g/mol. The normalized spacial score (nSPS) is 11.2. The van der Waals surface area contributed by atoms with Crippen molar-refractivity contribution in [1.29, 1.82) is 0 Å². The molecule has 11 heteroatoms. The van der Waals surface area contributed by atoms with Crippen LogP contribution in [0.15, 0.2) is 0 Å². The summed E-state index contributed by atoms with van der Waals surface area (Å²) in [7, 11) is 3.13. The van der Waals surface area contributed by atoms with E-state index in [1.165, 1.54) is 0 Å². The molecule has 28 heavy (non-hydrogen) atoms. The Labute approximate surface area is 209 Å². The van der Waals surface area contributed by atoms with Crippen LogP contribution in [0.5, 0.6) is 0 Å². The third-order valence-corrected chi connectivity index (χ3v) is 3.77. The number of rotatable bonds is 20. The molecule has 0 rings (SSSR count). The minimum absolute atomic E-state index is 0. The van der Waals surface area contributed by atoms with Gasteiger partial charge in [-0.05, 0) is 12.8 Å². The molecule has 0 aromatic carbocycles. The number of aliphatic carboxylic acids is 2. The van der Waals surface area contributed by atoms with Crippen molar-refractivity contribution in [2.24, 2.45) is 5.41 Å². The number of methoxy groups -OCH3 is 2. The van der Waals surface area contributed by atoms with Gasteiger partial charge in [-0.2, -0.15) is 0 Å². The van der Waals surface area contributed by atoms with Crippen molar-refractivity contribution < 1.29 is 51.1 Å². The second-order valence-corrected chi connectivity index (χ2v) is 5.63. The Morgan fingerprint density at radius 1 is 0.643 bits per heavy atom. The predicted molar refractivity (Wildman–Crippen MR) is 102 cm³/mol. The maximum atomic E-state index is 11.6. The molecule has 0 unspecified atom stereocenters. The zero-order valence-corrected chi connectivity index (χ0v) is 21.3. The van der Waals surface area contributed by atoms with Gasteiger partial charge in [-0.15, -0.1) is 0 Å². The van der Waals surface area contributed by atoms with Gasteiger partial charge in [0.25, 0.3) is 0 Å². The van der Waals surface area contributed by atoms with E-state index in [9.17, 15) is 19.8 Å². The van der Waals surface area contributed by atoms with Crippen molar-refractivity contribution in [3.05, 3.63) is 0 Å². The number of carboxylic acids is 2. The average Bonchev–Trinajstić information content (AvgIpc) is 2.63. The maximum absolute atomic E-state index is 11.6. The topological polar surface area (TPSA) is 130 Å².